The van der Waals surface area contributed by atoms with E-state index >= 15 is 0 Å². The predicted octanol–water partition coefficient (Wildman–Crippen LogP) is 4.62. The summed E-state index contributed by atoms with van der Waals surface area (Å²) in [4.78, 5) is 33.3. The molecule has 0 spiro atoms. The summed E-state index contributed by atoms with van der Waals surface area (Å²) < 4.78 is 7.23. The van der Waals surface area contributed by atoms with Gasteiger partial charge in [0, 0.05) is 18.8 Å². The quantitative estimate of drug-likeness (QED) is 0.379. The van der Waals surface area contributed by atoms with E-state index in [9.17, 15) is 9.59 Å². The SMILES string of the molecule is CC[C@H](C)N1C(=O)/C(=C\c2c(NCc3ccc(OC)cc3)nc3ccc(C)cn3c2=O)SC1=S. The number of fused-ring (bicyclic) bond motifs is 1. The van der Waals surface area contributed by atoms with E-state index < -0.39 is 0 Å². The first-order valence-corrected chi connectivity index (χ1v) is 12.2. The molecule has 1 fully saturated rings. The van der Waals surface area contributed by atoms with E-state index in [2.05, 4.69) is 5.32 Å². The number of carbonyl (C=O) groups is 1. The molecule has 0 radical (unpaired) electrons. The van der Waals surface area contributed by atoms with Gasteiger partial charge in [-0.2, -0.15) is 0 Å². The zero-order chi connectivity index (χ0) is 24.4. The van der Waals surface area contributed by atoms with E-state index in [-0.39, 0.29) is 17.5 Å². The summed E-state index contributed by atoms with van der Waals surface area (Å²) in [5.74, 6) is 1.00. The fourth-order valence-electron chi connectivity index (χ4n) is 3.63. The molecule has 34 heavy (non-hydrogen) atoms. The minimum absolute atomic E-state index is 0.00968. The number of thiocarbonyl (C=S) groups is 1. The number of methoxy groups -OCH3 is 1. The van der Waals surface area contributed by atoms with Crippen LogP contribution in [0.3, 0.4) is 0 Å². The highest BCUT2D eigenvalue weighted by molar-refractivity contribution is 8.26. The number of hydrogen-bond donors (Lipinski definition) is 1. The molecule has 1 N–H and O–H groups in total. The Bertz CT molecular complexity index is 1350. The minimum atomic E-state index is -0.250. The molecule has 4 rings (SSSR count). The predicted molar refractivity (Wildman–Crippen MR) is 141 cm³/mol. The molecule has 0 unspecified atom stereocenters. The standard InChI is InChI=1S/C25H26N4O3S2/c1-5-16(3)29-24(31)20(34-25(29)33)12-19-22(26-13-17-7-9-18(32-4)10-8-17)27-21-11-6-15(2)14-28(21)23(19)30/h6-12,14,16,26H,5,13H2,1-4H3/b20-12+/t16-/m0/s1. The van der Waals surface area contributed by atoms with Gasteiger partial charge in [-0.15, -0.1) is 0 Å². The molecule has 1 saturated heterocycles. The molecule has 1 aliphatic heterocycles. The lowest BCUT2D eigenvalue weighted by atomic mass is 10.2. The molecule has 2 aromatic heterocycles. The average molecular weight is 495 g/mol. The Hall–Kier alpha value is -3.17. The van der Waals surface area contributed by atoms with Gasteiger partial charge in [0.25, 0.3) is 11.5 Å². The van der Waals surface area contributed by atoms with Crippen molar-refractivity contribution in [2.75, 3.05) is 12.4 Å². The zero-order valence-corrected chi connectivity index (χ0v) is 21.1. The van der Waals surface area contributed by atoms with Crippen LogP contribution in [0.5, 0.6) is 5.75 Å². The molecular weight excluding hydrogens is 468 g/mol. The highest BCUT2D eigenvalue weighted by Gasteiger charge is 2.35. The van der Waals surface area contributed by atoms with Crippen molar-refractivity contribution in [3.05, 3.63) is 74.5 Å². The van der Waals surface area contributed by atoms with Gasteiger partial charge in [0.05, 0.1) is 17.6 Å². The van der Waals surface area contributed by atoms with Crippen LogP contribution in [0.25, 0.3) is 11.7 Å². The molecule has 1 aromatic carbocycles. The molecular formula is C25H26N4O3S2. The number of nitrogens with one attached hydrogen (secondary N) is 1. The third-order valence-corrected chi connectivity index (χ3v) is 7.09. The van der Waals surface area contributed by atoms with Crippen molar-refractivity contribution >= 4 is 51.7 Å². The van der Waals surface area contributed by atoms with Crippen molar-refractivity contribution in [2.45, 2.75) is 39.8 Å². The molecule has 176 valence electrons. The Balaban J connectivity index is 1.76. The number of carbonyl (C=O) groups excluding carboxylic acids is 1. The highest BCUT2D eigenvalue weighted by Crippen LogP contribution is 2.35. The summed E-state index contributed by atoms with van der Waals surface area (Å²) in [6, 6.07) is 11.4. The second-order valence-electron chi connectivity index (χ2n) is 8.12. The Labute approximate surface area is 207 Å². The molecule has 3 aromatic rings. The van der Waals surface area contributed by atoms with Crippen molar-refractivity contribution in [3.8, 4) is 5.75 Å². The first-order valence-electron chi connectivity index (χ1n) is 11.0. The summed E-state index contributed by atoms with van der Waals surface area (Å²) in [5, 5.41) is 3.28. The number of thioether (sulfide) groups is 1. The molecule has 1 atom stereocenters. The molecule has 0 saturated carbocycles. The smallest absolute Gasteiger partial charge is 0.267 e. The van der Waals surface area contributed by atoms with Crippen LogP contribution in [-0.4, -0.2) is 37.7 Å². The van der Waals surface area contributed by atoms with Crippen LogP contribution in [0.4, 0.5) is 5.82 Å². The maximum absolute atomic E-state index is 13.5. The van der Waals surface area contributed by atoms with E-state index in [1.807, 2.05) is 57.2 Å². The monoisotopic (exact) mass is 494 g/mol. The highest BCUT2D eigenvalue weighted by atomic mass is 32.2. The fraction of sp³-hybridized carbons (Fsp3) is 0.280. The summed E-state index contributed by atoms with van der Waals surface area (Å²) in [6.45, 7) is 6.34. The van der Waals surface area contributed by atoms with Gasteiger partial charge >= 0.3 is 0 Å². The van der Waals surface area contributed by atoms with Crippen LogP contribution in [0, 0.1) is 6.92 Å². The van der Waals surface area contributed by atoms with Crippen LogP contribution < -0.4 is 15.6 Å². The number of rotatable bonds is 7. The van der Waals surface area contributed by atoms with Gasteiger partial charge in [0.2, 0.25) is 0 Å². The van der Waals surface area contributed by atoms with E-state index in [4.69, 9.17) is 21.9 Å². The number of aromatic nitrogens is 2. The van der Waals surface area contributed by atoms with Gasteiger partial charge in [0.15, 0.2) is 0 Å². The lowest BCUT2D eigenvalue weighted by Gasteiger charge is -2.21. The second-order valence-corrected chi connectivity index (χ2v) is 9.80. The number of anilines is 1. The lowest BCUT2D eigenvalue weighted by molar-refractivity contribution is -0.123. The Morgan fingerprint density at radius 2 is 1.94 bits per heavy atom. The van der Waals surface area contributed by atoms with Crippen molar-refractivity contribution in [1.29, 1.82) is 0 Å². The molecule has 1 amide bonds. The van der Waals surface area contributed by atoms with E-state index in [1.54, 1.807) is 24.3 Å². The molecule has 0 bridgehead atoms. The first-order chi connectivity index (χ1) is 16.3. The first kappa shape index (κ1) is 24.0. The minimum Gasteiger partial charge on any atom is -0.497 e. The maximum Gasteiger partial charge on any atom is 0.267 e. The Morgan fingerprint density at radius 1 is 1.21 bits per heavy atom. The maximum atomic E-state index is 13.5. The zero-order valence-electron chi connectivity index (χ0n) is 19.5. The Morgan fingerprint density at radius 3 is 2.62 bits per heavy atom. The number of ether oxygens (including phenoxy) is 1. The van der Waals surface area contributed by atoms with Gasteiger partial charge in [-0.1, -0.05) is 49.1 Å². The summed E-state index contributed by atoms with van der Waals surface area (Å²) >= 11 is 6.67. The van der Waals surface area contributed by atoms with Crippen LogP contribution >= 0.6 is 24.0 Å². The topological polar surface area (TPSA) is 75.9 Å². The van der Waals surface area contributed by atoms with Crippen LogP contribution in [0.1, 0.15) is 37.0 Å². The van der Waals surface area contributed by atoms with Gasteiger partial charge in [-0.3, -0.25) is 18.9 Å². The Kier molecular flexibility index (Phi) is 7.04. The second kappa shape index (κ2) is 9.99. The van der Waals surface area contributed by atoms with Crippen molar-refractivity contribution in [2.24, 2.45) is 0 Å². The fourth-order valence-corrected chi connectivity index (χ4v) is 5.07. The summed E-state index contributed by atoms with van der Waals surface area (Å²) in [5.41, 5.74) is 2.53. The molecule has 3 heterocycles. The number of aryl methyl sites for hydroxylation is 1. The lowest BCUT2D eigenvalue weighted by Crippen LogP contribution is -2.36. The third kappa shape index (κ3) is 4.71. The molecule has 1 aliphatic rings. The van der Waals surface area contributed by atoms with E-state index in [0.29, 0.717) is 32.8 Å². The van der Waals surface area contributed by atoms with Gasteiger partial charge in [0.1, 0.15) is 21.5 Å². The van der Waals surface area contributed by atoms with Crippen molar-refractivity contribution in [1.82, 2.24) is 14.3 Å². The molecule has 9 heteroatoms. The number of pyridine rings is 1. The number of hydrogen-bond acceptors (Lipinski definition) is 7. The number of benzene rings is 1. The molecule has 7 nitrogen and oxygen atoms in total. The van der Waals surface area contributed by atoms with E-state index in [1.165, 1.54) is 16.2 Å². The summed E-state index contributed by atoms with van der Waals surface area (Å²) in [6.07, 6.45) is 4.15. The number of amides is 1. The van der Waals surface area contributed by atoms with Gasteiger partial charge in [-0.25, -0.2) is 4.98 Å². The normalized spacial score (nSPS) is 15.9. The summed E-state index contributed by atoms with van der Waals surface area (Å²) in [7, 11) is 1.62. The van der Waals surface area contributed by atoms with Crippen LogP contribution in [0.2, 0.25) is 0 Å². The van der Waals surface area contributed by atoms with E-state index in [0.717, 1.165) is 23.3 Å². The van der Waals surface area contributed by atoms with Crippen LogP contribution in [0.15, 0.2) is 52.3 Å². The molecule has 0 aliphatic carbocycles. The van der Waals surface area contributed by atoms with Crippen molar-refractivity contribution < 1.29 is 9.53 Å². The van der Waals surface area contributed by atoms with Gasteiger partial charge in [-0.05, 0) is 55.7 Å². The van der Waals surface area contributed by atoms with Crippen molar-refractivity contribution in [3.63, 3.8) is 0 Å². The number of nitrogens with zero attached hydrogens (tertiary/aromatic N) is 3. The largest absolute Gasteiger partial charge is 0.497 e. The van der Waals surface area contributed by atoms with Crippen LogP contribution in [-0.2, 0) is 11.3 Å². The third-order valence-electron chi connectivity index (χ3n) is 5.76. The average Bonchev–Trinajstić information content (AvgIpc) is 3.12. The van der Waals surface area contributed by atoms with Gasteiger partial charge < -0.3 is 10.1 Å².